The number of alkyl halides is 2. The fraction of sp³-hybridized carbons (Fsp3) is 0.385. The lowest BCUT2D eigenvalue weighted by Gasteiger charge is -2.17. The Kier molecular flexibility index (Phi) is 4.81. The summed E-state index contributed by atoms with van der Waals surface area (Å²) in [5.74, 6) is -0.268. The fourth-order valence-corrected chi connectivity index (χ4v) is 2.09. The number of hydrogen-bond donors (Lipinski definition) is 0. The average molecular weight is 290 g/mol. The maximum absolute atomic E-state index is 13.5. The van der Waals surface area contributed by atoms with Crippen molar-refractivity contribution in [3.05, 3.63) is 47.5 Å². The lowest BCUT2D eigenvalue weighted by Crippen LogP contribution is -2.26. The highest BCUT2D eigenvalue weighted by Crippen LogP contribution is 2.30. The van der Waals surface area contributed by atoms with Gasteiger partial charge in [0.05, 0.1) is 6.26 Å². The molecule has 0 aliphatic heterocycles. The lowest BCUT2D eigenvalue weighted by atomic mass is 9.99. The molecular formula is C13H16F2O3S. The second-order valence-electron chi connectivity index (χ2n) is 4.35. The van der Waals surface area contributed by atoms with E-state index in [4.69, 9.17) is 0 Å². The highest BCUT2D eigenvalue weighted by atomic mass is 32.2. The fourth-order valence-electron chi connectivity index (χ4n) is 1.58. The van der Waals surface area contributed by atoms with Gasteiger partial charge in [0.25, 0.3) is 10.1 Å². The normalized spacial score (nSPS) is 15.3. The van der Waals surface area contributed by atoms with Crippen LogP contribution in [0.25, 0.3) is 0 Å². The van der Waals surface area contributed by atoms with Gasteiger partial charge in [0, 0.05) is 5.57 Å². The number of halogens is 2. The summed E-state index contributed by atoms with van der Waals surface area (Å²) >= 11 is 0. The molecule has 0 radical (unpaired) electrons. The highest BCUT2D eigenvalue weighted by molar-refractivity contribution is 7.86. The van der Waals surface area contributed by atoms with Crippen LogP contribution in [0.1, 0.15) is 25.3 Å². The van der Waals surface area contributed by atoms with E-state index >= 15 is 0 Å². The van der Waals surface area contributed by atoms with Crippen LogP contribution in [0.3, 0.4) is 0 Å². The Balaban J connectivity index is 2.93. The molecule has 1 aromatic rings. The molecule has 1 aromatic carbocycles. The van der Waals surface area contributed by atoms with Crippen LogP contribution >= 0.6 is 0 Å². The van der Waals surface area contributed by atoms with Gasteiger partial charge in [-0.2, -0.15) is 21.4 Å². The summed E-state index contributed by atoms with van der Waals surface area (Å²) in [5, 5.41) is 0. The van der Waals surface area contributed by atoms with Gasteiger partial charge in [0.2, 0.25) is 0 Å². The first-order valence-electron chi connectivity index (χ1n) is 5.64. The second kappa shape index (κ2) is 5.79. The van der Waals surface area contributed by atoms with Gasteiger partial charge in [-0.05, 0) is 18.4 Å². The van der Waals surface area contributed by atoms with Gasteiger partial charge >= 0.3 is 6.11 Å². The minimum absolute atomic E-state index is 0.268. The van der Waals surface area contributed by atoms with Crippen molar-refractivity contribution >= 4 is 10.1 Å². The molecule has 0 aromatic heterocycles. The molecule has 106 valence electrons. The Labute approximate surface area is 112 Å². The summed E-state index contributed by atoms with van der Waals surface area (Å²) in [6.45, 7) is 2.89. The van der Waals surface area contributed by atoms with E-state index in [0.29, 0.717) is 6.26 Å². The molecule has 0 N–H and O–H groups in total. The molecule has 1 atom stereocenters. The molecular weight excluding hydrogens is 274 g/mol. The van der Waals surface area contributed by atoms with Crippen molar-refractivity contribution in [1.82, 2.24) is 0 Å². The predicted octanol–water partition coefficient (Wildman–Crippen LogP) is 3.31. The van der Waals surface area contributed by atoms with Crippen LogP contribution in [0.2, 0.25) is 0 Å². The number of rotatable bonds is 5. The van der Waals surface area contributed by atoms with Crippen molar-refractivity contribution in [2.24, 2.45) is 0 Å². The van der Waals surface area contributed by atoms with Crippen molar-refractivity contribution in [3.63, 3.8) is 0 Å². The van der Waals surface area contributed by atoms with E-state index in [1.807, 2.05) is 18.2 Å². The minimum atomic E-state index is -4.22. The zero-order valence-electron chi connectivity index (χ0n) is 10.9. The van der Waals surface area contributed by atoms with Gasteiger partial charge in [0.15, 0.2) is 0 Å². The second-order valence-corrected chi connectivity index (χ2v) is 5.93. The smallest absolute Gasteiger partial charge is 0.200 e. The van der Waals surface area contributed by atoms with Crippen molar-refractivity contribution in [2.75, 3.05) is 6.26 Å². The Morgan fingerprint density at radius 1 is 1.32 bits per heavy atom. The molecule has 3 nitrogen and oxygen atoms in total. The third-order valence-corrected chi connectivity index (χ3v) is 3.05. The van der Waals surface area contributed by atoms with Crippen LogP contribution < -0.4 is 0 Å². The first kappa shape index (κ1) is 15.8. The quantitative estimate of drug-likeness (QED) is 0.617. The first-order chi connectivity index (χ1) is 8.62. The van der Waals surface area contributed by atoms with E-state index in [9.17, 15) is 17.2 Å². The van der Waals surface area contributed by atoms with E-state index in [-0.39, 0.29) is 5.92 Å². The molecule has 1 rings (SSSR count). The van der Waals surface area contributed by atoms with Crippen LogP contribution in [0, 0.1) is 0 Å². The van der Waals surface area contributed by atoms with Gasteiger partial charge in [-0.1, -0.05) is 43.3 Å². The number of allylic oxidation sites excluding steroid dienone is 1. The molecule has 0 heterocycles. The Bertz CT molecular complexity index is 551. The molecule has 0 amide bonds. The highest BCUT2D eigenvalue weighted by Gasteiger charge is 2.37. The number of benzene rings is 1. The van der Waals surface area contributed by atoms with Crippen molar-refractivity contribution in [2.45, 2.75) is 25.9 Å². The zero-order chi connectivity index (χ0) is 14.7. The standard InChI is InChI=1S/C13H16F2O3S/c1-10(12-7-5-4-6-8-12)9-11(2)13(14,15)18-19(3,16)17/h4-10H,1-3H3/b11-9+. The van der Waals surface area contributed by atoms with E-state index < -0.39 is 21.8 Å². The van der Waals surface area contributed by atoms with Gasteiger partial charge < -0.3 is 0 Å². The first-order valence-corrected chi connectivity index (χ1v) is 7.46. The third-order valence-electron chi connectivity index (χ3n) is 2.54. The van der Waals surface area contributed by atoms with Crippen LogP contribution in [-0.4, -0.2) is 20.8 Å². The molecule has 0 bridgehead atoms. The van der Waals surface area contributed by atoms with Gasteiger partial charge in [-0.25, -0.2) is 0 Å². The minimum Gasteiger partial charge on any atom is -0.200 e. The summed E-state index contributed by atoms with van der Waals surface area (Å²) in [6.07, 6.45) is -1.94. The van der Waals surface area contributed by atoms with Crippen molar-refractivity contribution < 1.29 is 21.4 Å². The largest absolute Gasteiger partial charge is 0.392 e. The third kappa shape index (κ3) is 5.08. The maximum Gasteiger partial charge on any atom is 0.392 e. The molecule has 0 aliphatic rings. The van der Waals surface area contributed by atoms with E-state index in [1.165, 1.54) is 6.08 Å². The summed E-state index contributed by atoms with van der Waals surface area (Å²) in [7, 11) is -4.22. The molecule has 6 heteroatoms. The topological polar surface area (TPSA) is 43.4 Å². The zero-order valence-corrected chi connectivity index (χ0v) is 11.7. The SMILES string of the molecule is C/C(=C\C(C)c1ccccc1)C(F)(F)OS(C)(=O)=O. The lowest BCUT2D eigenvalue weighted by molar-refractivity contribution is -0.137. The summed E-state index contributed by atoms with van der Waals surface area (Å²) in [6, 6.07) is 9.06. The molecule has 0 aliphatic carbocycles. The van der Waals surface area contributed by atoms with Gasteiger partial charge in [-0.15, -0.1) is 0 Å². The maximum atomic E-state index is 13.5. The van der Waals surface area contributed by atoms with Crippen LogP contribution in [0.15, 0.2) is 42.0 Å². The van der Waals surface area contributed by atoms with E-state index in [2.05, 4.69) is 4.18 Å². The van der Waals surface area contributed by atoms with Crippen molar-refractivity contribution in [3.8, 4) is 0 Å². The molecule has 0 fully saturated rings. The van der Waals surface area contributed by atoms with E-state index in [1.54, 1.807) is 19.1 Å². The van der Waals surface area contributed by atoms with Crippen LogP contribution in [0.5, 0.6) is 0 Å². The van der Waals surface area contributed by atoms with Gasteiger partial charge in [-0.3, -0.25) is 0 Å². The summed E-state index contributed by atoms with van der Waals surface area (Å²) in [5.41, 5.74) is 0.422. The van der Waals surface area contributed by atoms with Crippen molar-refractivity contribution in [1.29, 1.82) is 0 Å². The predicted molar refractivity (Wildman–Crippen MR) is 69.5 cm³/mol. The molecule has 19 heavy (non-hydrogen) atoms. The molecule has 1 unspecified atom stereocenters. The van der Waals surface area contributed by atoms with Crippen LogP contribution in [0.4, 0.5) is 8.78 Å². The Morgan fingerprint density at radius 2 is 1.84 bits per heavy atom. The van der Waals surface area contributed by atoms with E-state index in [0.717, 1.165) is 12.5 Å². The van der Waals surface area contributed by atoms with Crippen LogP contribution in [-0.2, 0) is 14.3 Å². The molecule has 0 saturated heterocycles. The van der Waals surface area contributed by atoms with Gasteiger partial charge in [0.1, 0.15) is 0 Å². The Morgan fingerprint density at radius 3 is 2.32 bits per heavy atom. The number of hydrogen-bond acceptors (Lipinski definition) is 3. The summed E-state index contributed by atoms with van der Waals surface area (Å²) < 4.78 is 52.4. The Hall–Kier alpha value is -1.27. The monoisotopic (exact) mass is 290 g/mol. The molecule has 0 spiro atoms. The molecule has 0 saturated carbocycles. The summed E-state index contributed by atoms with van der Waals surface area (Å²) in [4.78, 5) is 0. The average Bonchev–Trinajstić information content (AvgIpc) is 2.26.